The first-order valence-electron chi connectivity index (χ1n) is 9.59. The van der Waals surface area contributed by atoms with Crippen molar-refractivity contribution < 1.29 is 19.4 Å². The van der Waals surface area contributed by atoms with Crippen LogP contribution in [-0.4, -0.2) is 41.5 Å². The smallest absolute Gasteiger partial charge is 0.229 e. The van der Waals surface area contributed by atoms with Crippen molar-refractivity contribution in [1.29, 1.82) is 0 Å². The van der Waals surface area contributed by atoms with Gasteiger partial charge in [-0.05, 0) is 49.6 Å². The highest BCUT2D eigenvalue weighted by Gasteiger charge is 2.28. The number of rotatable bonds is 6. The standard InChI is InChI=1S/C22H26N2O4/c1-16-9-10-20(25)19(14-16)23-22(27)17-6-5-12-24(15-17)21(26)11-13-28-18-7-3-2-4-8-18/h2-4,7-10,14,17,25H,5-6,11-13,15H2,1H3,(H,23,27). The zero-order valence-corrected chi connectivity index (χ0v) is 16.1. The highest BCUT2D eigenvalue weighted by molar-refractivity contribution is 5.94. The number of phenolic OH excluding ortho intramolecular Hbond substituents is 1. The van der Waals surface area contributed by atoms with Gasteiger partial charge in [0.25, 0.3) is 0 Å². The van der Waals surface area contributed by atoms with E-state index in [1.54, 1.807) is 23.1 Å². The van der Waals surface area contributed by atoms with Crippen molar-refractivity contribution >= 4 is 17.5 Å². The second-order valence-corrected chi connectivity index (χ2v) is 7.10. The van der Waals surface area contributed by atoms with Crippen molar-refractivity contribution in [2.45, 2.75) is 26.2 Å². The second-order valence-electron chi connectivity index (χ2n) is 7.10. The monoisotopic (exact) mass is 382 g/mol. The molecule has 0 radical (unpaired) electrons. The van der Waals surface area contributed by atoms with Gasteiger partial charge in [-0.2, -0.15) is 0 Å². The number of amides is 2. The number of benzene rings is 2. The van der Waals surface area contributed by atoms with Crippen LogP contribution in [0, 0.1) is 12.8 Å². The second kappa shape index (κ2) is 9.26. The first-order chi connectivity index (χ1) is 13.5. The Morgan fingerprint density at radius 2 is 2.00 bits per heavy atom. The number of hydrogen-bond donors (Lipinski definition) is 2. The van der Waals surface area contributed by atoms with Gasteiger partial charge in [0.1, 0.15) is 11.5 Å². The molecule has 3 rings (SSSR count). The van der Waals surface area contributed by atoms with Crippen LogP contribution in [0.25, 0.3) is 0 Å². The summed E-state index contributed by atoms with van der Waals surface area (Å²) in [6, 6.07) is 14.5. The van der Waals surface area contributed by atoms with Gasteiger partial charge < -0.3 is 20.1 Å². The molecule has 6 nitrogen and oxygen atoms in total. The predicted octanol–water partition coefficient (Wildman–Crippen LogP) is 3.35. The molecule has 1 aliphatic heterocycles. The van der Waals surface area contributed by atoms with Crippen LogP contribution < -0.4 is 10.1 Å². The highest BCUT2D eigenvalue weighted by Crippen LogP contribution is 2.26. The lowest BCUT2D eigenvalue weighted by atomic mass is 9.96. The lowest BCUT2D eigenvalue weighted by molar-refractivity contribution is -0.135. The summed E-state index contributed by atoms with van der Waals surface area (Å²) in [5.74, 6) is 0.323. The van der Waals surface area contributed by atoms with Crippen LogP contribution in [0.2, 0.25) is 0 Å². The summed E-state index contributed by atoms with van der Waals surface area (Å²) in [4.78, 5) is 26.8. The van der Waals surface area contributed by atoms with Gasteiger partial charge in [0, 0.05) is 13.1 Å². The van der Waals surface area contributed by atoms with E-state index in [1.807, 2.05) is 37.3 Å². The molecule has 2 N–H and O–H groups in total. The number of phenols is 1. The fraction of sp³-hybridized carbons (Fsp3) is 0.364. The number of aryl methyl sites for hydroxylation is 1. The molecule has 1 atom stereocenters. The summed E-state index contributed by atoms with van der Waals surface area (Å²) in [6.45, 7) is 3.26. The van der Waals surface area contributed by atoms with E-state index >= 15 is 0 Å². The molecular formula is C22H26N2O4. The number of para-hydroxylation sites is 1. The number of nitrogens with zero attached hydrogens (tertiary/aromatic N) is 1. The van der Waals surface area contributed by atoms with Gasteiger partial charge in [-0.3, -0.25) is 9.59 Å². The van der Waals surface area contributed by atoms with E-state index in [0.717, 1.165) is 24.2 Å². The van der Waals surface area contributed by atoms with Gasteiger partial charge in [0.15, 0.2) is 0 Å². The molecular weight excluding hydrogens is 356 g/mol. The number of hydrogen-bond acceptors (Lipinski definition) is 4. The number of carbonyl (C=O) groups is 2. The Labute approximate surface area is 165 Å². The molecule has 0 saturated carbocycles. The minimum absolute atomic E-state index is 0.00756. The van der Waals surface area contributed by atoms with Crippen molar-refractivity contribution in [3.63, 3.8) is 0 Å². The Bertz CT molecular complexity index is 823. The van der Waals surface area contributed by atoms with Crippen LogP contribution in [0.1, 0.15) is 24.8 Å². The Hall–Kier alpha value is -3.02. The first kappa shape index (κ1) is 19.7. The molecule has 2 aromatic rings. The molecule has 6 heteroatoms. The van der Waals surface area contributed by atoms with Crippen molar-refractivity contribution in [3.8, 4) is 11.5 Å². The molecule has 1 fully saturated rings. The van der Waals surface area contributed by atoms with Crippen molar-refractivity contribution in [2.24, 2.45) is 5.92 Å². The Kier molecular flexibility index (Phi) is 6.53. The number of likely N-dealkylation sites (tertiary alicyclic amines) is 1. The maximum absolute atomic E-state index is 12.6. The first-order valence-corrected chi connectivity index (χ1v) is 9.59. The summed E-state index contributed by atoms with van der Waals surface area (Å²) in [5, 5.41) is 12.7. The highest BCUT2D eigenvalue weighted by atomic mass is 16.5. The third-order valence-corrected chi connectivity index (χ3v) is 4.88. The van der Waals surface area contributed by atoms with E-state index in [4.69, 9.17) is 4.74 Å². The summed E-state index contributed by atoms with van der Waals surface area (Å²) >= 11 is 0. The fourth-order valence-corrected chi connectivity index (χ4v) is 3.33. The summed E-state index contributed by atoms with van der Waals surface area (Å²) in [6.07, 6.45) is 1.79. The van der Waals surface area contributed by atoms with Crippen LogP contribution in [-0.2, 0) is 9.59 Å². The third-order valence-electron chi connectivity index (χ3n) is 4.88. The van der Waals surface area contributed by atoms with Gasteiger partial charge >= 0.3 is 0 Å². The molecule has 28 heavy (non-hydrogen) atoms. The lowest BCUT2D eigenvalue weighted by Gasteiger charge is -2.32. The molecule has 1 aliphatic rings. The minimum atomic E-state index is -0.285. The molecule has 1 unspecified atom stereocenters. The average Bonchev–Trinajstić information content (AvgIpc) is 2.71. The van der Waals surface area contributed by atoms with Crippen LogP contribution in [0.5, 0.6) is 11.5 Å². The van der Waals surface area contributed by atoms with E-state index in [0.29, 0.717) is 25.4 Å². The van der Waals surface area contributed by atoms with Gasteiger partial charge in [0.05, 0.1) is 24.6 Å². The predicted molar refractivity (Wildman–Crippen MR) is 107 cm³/mol. The number of carbonyl (C=O) groups excluding carboxylic acids is 2. The summed E-state index contributed by atoms with van der Waals surface area (Å²) in [5.41, 5.74) is 1.36. The van der Waals surface area contributed by atoms with Gasteiger partial charge in [0.2, 0.25) is 11.8 Å². The van der Waals surface area contributed by atoms with Crippen LogP contribution in [0.15, 0.2) is 48.5 Å². The van der Waals surface area contributed by atoms with Crippen molar-refractivity contribution in [1.82, 2.24) is 4.90 Å². The molecule has 0 aromatic heterocycles. The maximum atomic E-state index is 12.6. The van der Waals surface area contributed by atoms with Gasteiger partial charge in [-0.15, -0.1) is 0 Å². The Balaban J connectivity index is 1.50. The molecule has 0 spiro atoms. The van der Waals surface area contributed by atoms with E-state index in [-0.39, 0.29) is 29.9 Å². The Morgan fingerprint density at radius 1 is 1.21 bits per heavy atom. The van der Waals surface area contributed by atoms with Crippen LogP contribution in [0.4, 0.5) is 5.69 Å². The van der Waals surface area contributed by atoms with Crippen LogP contribution in [0.3, 0.4) is 0 Å². The molecule has 148 valence electrons. The fourth-order valence-electron chi connectivity index (χ4n) is 3.33. The minimum Gasteiger partial charge on any atom is -0.506 e. The number of ether oxygens (including phenoxy) is 1. The SMILES string of the molecule is Cc1ccc(O)c(NC(=O)C2CCCN(C(=O)CCOc3ccccc3)C2)c1. The molecule has 2 amide bonds. The van der Waals surface area contributed by atoms with E-state index in [2.05, 4.69) is 5.32 Å². The molecule has 1 saturated heterocycles. The lowest BCUT2D eigenvalue weighted by Crippen LogP contribution is -2.44. The van der Waals surface area contributed by atoms with E-state index in [9.17, 15) is 14.7 Å². The summed E-state index contributed by atoms with van der Waals surface area (Å²) < 4.78 is 5.59. The van der Waals surface area contributed by atoms with Crippen molar-refractivity contribution in [3.05, 3.63) is 54.1 Å². The Morgan fingerprint density at radius 3 is 2.79 bits per heavy atom. The zero-order valence-electron chi connectivity index (χ0n) is 16.1. The summed E-state index contributed by atoms with van der Waals surface area (Å²) in [7, 11) is 0. The van der Waals surface area contributed by atoms with Gasteiger partial charge in [-0.1, -0.05) is 24.3 Å². The normalized spacial score (nSPS) is 16.5. The molecule has 1 heterocycles. The number of anilines is 1. The van der Waals surface area contributed by atoms with Crippen LogP contribution >= 0.6 is 0 Å². The third kappa shape index (κ3) is 5.25. The van der Waals surface area contributed by atoms with E-state index in [1.165, 1.54) is 0 Å². The molecule has 0 bridgehead atoms. The topological polar surface area (TPSA) is 78.9 Å². The van der Waals surface area contributed by atoms with E-state index < -0.39 is 0 Å². The number of nitrogens with one attached hydrogen (secondary N) is 1. The van der Waals surface area contributed by atoms with Gasteiger partial charge in [-0.25, -0.2) is 0 Å². The average molecular weight is 382 g/mol. The quantitative estimate of drug-likeness (QED) is 0.751. The molecule has 0 aliphatic carbocycles. The number of piperidine rings is 1. The number of aromatic hydroxyl groups is 1. The largest absolute Gasteiger partial charge is 0.506 e. The van der Waals surface area contributed by atoms with Crippen molar-refractivity contribution in [2.75, 3.05) is 25.0 Å². The molecule has 2 aromatic carbocycles. The zero-order chi connectivity index (χ0) is 19.9. The maximum Gasteiger partial charge on any atom is 0.229 e.